The highest BCUT2D eigenvalue weighted by Crippen LogP contribution is 2.32. The molecule has 1 unspecified atom stereocenters. The van der Waals surface area contributed by atoms with Gasteiger partial charge in [0.2, 0.25) is 0 Å². The minimum absolute atomic E-state index is 0.0150. The van der Waals surface area contributed by atoms with E-state index >= 15 is 0 Å². The van der Waals surface area contributed by atoms with Gasteiger partial charge in [0, 0.05) is 17.3 Å². The summed E-state index contributed by atoms with van der Waals surface area (Å²) in [5.74, 6) is -0.689. The largest absolute Gasteiger partial charge is 0.495 e. The second-order valence-electron chi connectivity index (χ2n) is 4.24. The average molecular weight is 278 g/mol. The van der Waals surface area contributed by atoms with E-state index in [0.717, 1.165) is 0 Å². The molecule has 1 N–H and O–H groups in total. The number of benzene rings is 1. The van der Waals surface area contributed by atoms with Gasteiger partial charge < -0.3 is 10.1 Å². The van der Waals surface area contributed by atoms with E-state index in [1.54, 1.807) is 12.3 Å². The first-order valence-corrected chi connectivity index (χ1v) is 6.34. The van der Waals surface area contributed by atoms with Crippen LogP contribution in [0.5, 0.6) is 5.75 Å². The van der Waals surface area contributed by atoms with Crippen LogP contribution in [0.1, 0.15) is 24.1 Å². The van der Waals surface area contributed by atoms with Gasteiger partial charge in [-0.2, -0.15) is 0 Å². The van der Waals surface area contributed by atoms with E-state index in [1.807, 2.05) is 6.92 Å². The molecule has 0 saturated heterocycles. The number of halogens is 2. The molecule has 0 bridgehead atoms. The normalized spacial score (nSPS) is 12.2. The molecule has 0 spiro atoms. The van der Waals surface area contributed by atoms with Gasteiger partial charge in [-0.05, 0) is 24.7 Å². The van der Waals surface area contributed by atoms with Crippen LogP contribution in [0.4, 0.5) is 8.78 Å². The quantitative estimate of drug-likeness (QED) is 0.912. The van der Waals surface area contributed by atoms with E-state index in [1.165, 1.54) is 31.5 Å². The minimum atomic E-state index is -0.626. The molecule has 0 radical (unpaired) electrons. The van der Waals surface area contributed by atoms with Crippen LogP contribution in [0.15, 0.2) is 36.7 Å². The van der Waals surface area contributed by atoms with Gasteiger partial charge in [0.1, 0.15) is 17.4 Å². The lowest BCUT2D eigenvalue weighted by Gasteiger charge is -2.21. The number of nitrogens with zero attached hydrogens (tertiary/aromatic N) is 1. The Balaban J connectivity index is 2.56. The van der Waals surface area contributed by atoms with Crippen LogP contribution in [0, 0.1) is 11.6 Å². The van der Waals surface area contributed by atoms with Crippen molar-refractivity contribution in [3.05, 3.63) is 59.4 Å². The number of aromatic nitrogens is 1. The van der Waals surface area contributed by atoms with Crippen LogP contribution in [-0.4, -0.2) is 18.6 Å². The van der Waals surface area contributed by atoms with E-state index in [-0.39, 0.29) is 5.56 Å². The molecule has 20 heavy (non-hydrogen) atoms. The van der Waals surface area contributed by atoms with Crippen molar-refractivity contribution in [1.29, 1.82) is 0 Å². The SMILES string of the molecule is CCNC(c1ccncc1OC)c1c(F)cccc1F. The number of hydrogen-bond acceptors (Lipinski definition) is 3. The van der Waals surface area contributed by atoms with Crippen molar-refractivity contribution in [1.82, 2.24) is 10.3 Å². The smallest absolute Gasteiger partial charge is 0.142 e. The number of hydrogen-bond donors (Lipinski definition) is 1. The van der Waals surface area contributed by atoms with Gasteiger partial charge in [0.05, 0.1) is 19.3 Å². The third-order valence-electron chi connectivity index (χ3n) is 3.04. The highest BCUT2D eigenvalue weighted by Gasteiger charge is 2.23. The lowest BCUT2D eigenvalue weighted by molar-refractivity contribution is 0.399. The second kappa shape index (κ2) is 6.43. The van der Waals surface area contributed by atoms with Gasteiger partial charge in [0.25, 0.3) is 0 Å². The fraction of sp³-hybridized carbons (Fsp3) is 0.267. The second-order valence-corrected chi connectivity index (χ2v) is 4.24. The molecule has 1 aromatic carbocycles. The van der Waals surface area contributed by atoms with Crippen molar-refractivity contribution in [2.24, 2.45) is 0 Å². The predicted octanol–water partition coefficient (Wildman–Crippen LogP) is 3.07. The fourth-order valence-corrected chi connectivity index (χ4v) is 2.16. The summed E-state index contributed by atoms with van der Waals surface area (Å²) < 4.78 is 33.2. The van der Waals surface area contributed by atoms with Gasteiger partial charge in [0.15, 0.2) is 0 Å². The first-order chi connectivity index (χ1) is 9.69. The van der Waals surface area contributed by atoms with Crippen molar-refractivity contribution in [3.8, 4) is 5.75 Å². The minimum Gasteiger partial charge on any atom is -0.495 e. The molecule has 0 aliphatic carbocycles. The Kier molecular flexibility index (Phi) is 4.63. The molecule has 3 nitrogen and oxygen atoms in total. The summed E-state index contributed by atoms with van der Waals surface area (Å²) in [5.41, 5.74) is 0.632. The fourth-order valence-electron chi connectivity index (χ4n) is 2.16. The van der Waals surface area contributed by atoms with E-state index in [4.69, 9.17) is 4.74 Å². The standard InChI is InChI=1S/C15H16F2N2O/c1-3-19-15(10-7-8-18-9-13(10)20-2)14-11(16)5-4-6-12(14)17/h4-9,15,19H,3H2,1-2H3. The lowest BCUT2D eigenvalue weighted by atomic mass is 9.97. The zero-order valence-corrected chi connectivity index (χ0v) is 11.4. The molecule has 0 aliphatic heterocycles. The molecular weight excluding hydrogens is 262 g/mol. The van der Waals surface area contributed by atoms with Gasteiger partial charge in [-0.25, -0.2) is 8.78 Å². The Morgan fingerprint density at radius 2 is 1.95 bits per heavy atom. The predicted molar refractivity (Wildman–Crippen MR) is 72.7 cm³/mol. The average Bonchev–Trinajstić information content (AvgIpc) is 2.46. The van der Waals surface area contributed by atoms with Crippen molar-refractivity contribution in [2.75, 3.05) is 13.7 Å². The summed E-state index contributed by atoms with van der Waals surface area (Å²) in [7, 11) is 1.50. The molecule has 0 saturated carbocycles. The van der Waals surface area contributed by atoms with E-state index in [9.17, 15) is 8.78 Å². The van der Waals surface area contributed by atoms with E-state index in [2.05, 4.69) is 10.3 Å². The lowest BCUT2D eigenvalue weighted by Crippen LogP contribution is -2.24. The van der Waals surface area contributed by atoms with Gasteiger partial charge in [-0.1, -0.05) is 13.0 Å². The molecule has 0 aliphatic rings. The van der Waals surface area contributed by atoms with Gasteiger partial charge in [-0.3, -0.25) is 4.98 Å². The third kappa shape index (κ3) is 2.77. The highest BCUT2D eigenvalue weighted by atomic mass is 19.1. The summed E-state index contributed by atoms with van der Waals surface area (Å²) in [5, 5.41) is 3.08. The first kappa shape index (κ1) is 14.4. The number of rotatable bonds is 5. The molecule has 106 valence electrons. The summed E-state index contributed by atoms with van der Waals surface area (Å²) >= 11 is 0. The summed E-state index contributed by atoms with van der Waals surface area (Å²) in [6.45, 7) is 2.43. The Morgan fingerprint density at radius 3 is 2.55 bits per heavy atom. The van der Waals surface area contributed by atoms with E-state index < -0.39 is 17.7 Å². The van der Waals surface area contributed by atoms with Crippen molar-refractivity contribution in [2.45, 2.75) is 13.0 Å². The molecule has 1 atom stereocenters. The van der Waals surface area contributed by atoms with Crippen LogP contribution in [-0.2, 0) is 0 Å². The molecule has 0 fully saturated rings. The van der Waals surface area contributed by atoms with Crippen molar-refractivity contribution in [3.63, 3.8) is 0 Å². The molecule has 1 aromatic heterocycles. The van der Waals surface area contributed by atoms with Gasteiger partial charge in [-0.15, -0.1) is 0 Å². The molecule has 2 aromatic rings. The summed E-state index contributed by atoms with van der Waals surface area (Å²) in [6.07, 6.45) is 3.10. The Labute approximate surface area is 116 Å². The molecule has 2 rings (SSSR count). The van der Waals surface area contributed by atoms with Crippen LogP contribution in [0.25, 0.3) is 0 Å². The first-order valence-electron chi connectivity index (χ1n) is 6.34. The zero-order valence-electron chi connectivity index (χ0n) is 11.4. The highest BCUT2D eigenvalue weighted by molar-refractivity contribution is 5.40. The Bertz CT molecular complexity index is 570. The van der Waals surface area contributed by atoms with Crippen LogP contribution in [0.3, 0.4) is 0 Å². The molecular formula is C15H16F2N2O. The number of pyridine rings is 1. The van der Waals surface area contributed by atoms with Crippen LogP contribution in [0.2, 0.25) is 0 Å². The van der Waals surface area contributed by atoms with Crippen LogP contribution >= 0.6 is 0 Å². The Morgan fingerprint density at radius 1 is 1.25 bits per heavy atom. The molecule has 1 heterocycles. The molecule has 5 heteroatoms. The van der Waals surface area contributed by atoms with Crippen LogP contribution < -0.4 is 10.1 Å². The molecule has 0 amide bonds. The summed E-state index contributed by atoms with van der Waals surface area (Å²) in [6, 6.07) is 4.91. The topological polar surface area (TPSA) is 34.2 Å². The Hall–Kier alpha value is -2.01. The van der Waals surface area contributed by atoms with Crippen molar-refractivity contribution < 1.29 is 13.5 Å². The maximum absolute atomic E-state index is 14.0. The van der Waals surface area contributed by atoms with Gasteiger partial charge >= 0.3 is 0 Å². The number of methoxy groups -OCH3 is 1. The third-order valence-corrected chi connectivity index (χ3v) is 3.04. The number of nitrogens with one attached hydrogen (secondary N) is 1. The monoisotopic (exact) mass is 278 g/mol. The maximum Gasteiger partial charge on any atom is 0.142 e. The van der Waals surface area contributed by atoms with E-state index in [0.29, 0.717) is 17.9 Å². The number of ether oxygens (including phenoxy) is 1. The van der Waals surface area contributed by atoms with Crippen molar-refractivity contribution >= 4 is 0 Å². The maximum atomic E-state index is 14.0. The zero-order chi connectivity index (χ0) is 14.5. The summed E-state index contributed by atoms with van der Waals surface area (Å²) in [4.78, 5) is 3.96.